The van der Waals surface area contributed by atoms with Crippen LogP contribution in [0.15, 0.2) is 46.9 Å². The smallest absolute Gasteiger partial charge is 0.194 e. The first-order valence-electron chi connectivity index (χ1n) is 5.56. The fourth-order valence-electron chi connectivity index (χ4n) is 1.75. The minimum atomic E-state index is -0.00975. The molecule has 0 fully saturated rings. The molecule has 0 saturated heterocycles. The van der Waals surface area contributed by atoms with Gasteiger partial charge in [0.1, 0.15) is 5.75 Å². The van der Waals surface area contributed by atoms with E-state index in [1.165, 1.54) is 0 Å². The number of benzene rings is 2. The van der Waals surface area contributed by atoms with Gasteiger partial charge in [0.2, 0.25) is 0 Å². The number of halogens is 1. The van der Waals surface area contributed by atoms with Gasteiger partial charge in [0, 0.05) is 15.6 Å². The number of ether oxygens (including phenoxy) is 1. The van der Waals surface area contributed by atoms with Gasteiger partial charge in [-0.05, 0) is 31.2 Å². The minimum absolute atomic E-state index is 0.00975. The molecule has 0 atom stereocenters. The highest BCUT2D eigenvalue weighted by Crippen LogP contribution is 2.25. The van der Waals surface area contributed by atoms with Gasteiger partial charge in [-0.2, -0.15) is 0 Å². The van der Waals surface area contributed by atoms with Gasteiger partial charge in [0.15, 0.2) is 5.78 Å². The largest absolute Gasteiger partial charge is 0.497 e. The Labute approximate surface area is 115 Å². The first-order valence-corrected chi connectivity index (χ1v) is 6.36. The zero-order valence-electron chi connectivity index (χ0n) is 10.2. The number of hydrogen-bond acceptors (Lipinski definition) is 2. The van der Waals surface area contributed by atoms with Gasteiger partial charge in [0.05, 0.1) is 7.11 Å². The summed E-state index contributed by atoms with van der Waals surface area (Å²) in [5, 5.41) is 0. The van der Waals surface area contributed by atoms with Crippen molar-refractivity contribution >= 4 is 21.7 Å². The Hall–Kier alpha value is -1.61. The minimum Gasteiger partial charge on any atom is -0.497 e. The molecule has 0 aliphatic carbocycles. The van der Waals surface area contributed by atoms with Crippen molar-refractivity contribution in [1.82, 2.24) is 0 Å². The van der Waals surface area contributed by atoms with Gasteiger partial charge in [-0.15, -0.1) is 0 Å². The second-order valence-corrected chi connectivity index (χ2v) is 4.90. The summed E-state index contributed by atoms with van der Waals surface area (Å²) >= 11 is 3.40. The zero-order valence-corrected chi connectivity index (χ0v) is 11.8. The molecule has 3 heteroatoms. The molecule has 2 nitrogen and oxygen atoms in total. The summed E-state index contributed by atoms with van der Waals surface area (Å²) < 4.78 is 5.92. The molecule has 0 aromatic heterocycles. The SMILES string of the molecule is COc1ccc(Br)c(C(=O)c2cccc(C)c2)c1. The molecule has 0 radical (unpaired) electrons. The summed E-state index contributed by atoms with van der Waals surface area (Å²) in [5.41, 5.74) is 2.36. The van der Waals surface area contributed by atoms with E-state index in [0.29, 0.717) is 16.9 Å². The molecule has 2 rings (SSSR count). The van der Waals surface area contributed by atoms with E-state index < -0.39 is 0 Å². The molecule has 2 aromatic carbocycles. The van der Waals surface area contributed by atoms with Crippen LogP contribution in [0.5, 0.6) is 5.75 Å². The number of hydrogen-bond donors (Lipinski definition) is 0. The molecular weight excluding hydrogens is 292 g/mol. The van der Waals surface area contributed by atoms with Crippen molar-refractivity contribution in [1.29, 1.82) is 0 Å². The maximum atomic E-state index is 12.4. The fraction of sp³-hybridized carbons (Fsp3) is 0.133. The zero-order chi connectivity index (χ0) is 13.1. The van der Waals surface area contributed by atoms with Gasteiger partial charge in [-0.3, -0.25) is 4.79 Å². The van der Waals surface area contributed by atoms with Crippen LogP contribution in [0.3, 0.4) is 0 Å². The third kappa shape index (κ3) is 2.62. The van der Waals surface area contributed by atoms with E-state index in [9.17, 15) is 4.79 Å². The van der Waals surface area contributed by atoms with Crippen LogP contribution < -0.4 is 4.74 Å². The number of aryl methyl sites for hydroxylation is 1. The van der Waals surface area contributed by atoms with Crippen molar-refractivity contribution < 1.29 is 9.53 Å². The second kappa shape index (κ2) is 5.36. The van der Waals surface area contributed by atoms with Gasteiger partial charge >= 0.3 is 0 Å². The Morgan fingerprint density at radius 3 is 2.61 bits per heavy atom. The van der Waals surface area contributed by atoms with Crippen LogP contribution >= 0.6 is 15.9 Å². The Bertz CT molecular complexity index is 591. The normalized spacial score (nSPS) is 10.2. The van der Waals surface area contributed by atoms with E-state index in [1.54, 1.807) is 13.2 Å². The maximum Gasteiger partial charge on any atom is 0.194 e. The highest BCUT2D eigenvalue weighted by atomic mass is 79.9. The monoisotopic (exact) mass is 304 g/mol. The molecule has 0 unspecified atom stereocenters. The third-order valence-electron chi connectivity index (χ3n) is 2.70. The van der Waals surface area contributed by atoms with Crippen LogP contribution in [-0.4, -0.2) is 12.9 Å². The predicted octanol–water partition coefficient (Wildman–Crippen LogP) is 4.00. The number of methoxy groups -OCH3 is 1. The van der Waals surface area contributed by atoms with E-state index in [0.717, 1.165) is 10.0 Å². The van der Waals surface area contributed by atoms with Gasteiger partial charge in [-0.25, -0.2) is 0 Å². The fourth-order valence-corrected chi connectivity index (χ4v) is 2.17. The number of carbonyl (C=O) groups is 1. The van der Waals surface area contributed by atoms with Gasteiger partial charge < -0.3 is 4.74 Å². The Morgan fingerprint density at radius 1 is 1.17 bits per heavy atom. The highest BCUT2D eigenvalue weighted by Gasteiger charge is 2.13. The number of rotatable bonds is 3. The lowest BCUT2D eigenvalue weighted by Gasteiger charge is -2.07. The first-order chi connectivity index (χ1) is 8.61. The molecule has 0 amide bonds. The van der Waals surface area contributed by atoms with Crippen molar-refractivity contribution in [3.63, 3.8) is 0 Å². The standard InChI is InChI=1S/C15H13BrO2/c1-10-4-3-5-11(8-10)15(17)13-9-12(18-2)6-7-14(13)16/h3-9H,1-2H3. The van der Waals surface area contributed by atoms with E-state index >= 15 is 0 Å². The first kappa shape index (κ1) is 12.8. The lowest BCUT2D eigenvalue weighted by Crippen LogP contribution is -2.03. The van der Waals surface area contributed by atoms with E-state index in [2.05, 4.69) is 15.9 Å². The van der Waals surface area contributed by atoms with Crippen molar-refractivity contribution in [3.8, 4) is 5.75 Å². The molecule has 0 N–H and O–H groups in total. The Morgan fingerprint density at radius 2 is 1.94 bits per heavy atom. The summed E-state index contributed by atoms with van der Waals surface area (Å²) in [5.74, 6) is 0.665. The lowest BCUT2D eigenvalue weighted by molar-refractivity contribution is 0.103. The van der Waals surface area contributed by atoms with E-state index in [1.807, 2.05) is 43.3 Å². The summed E-state index contributed by atoms with van der Waals surface area (Å²) in [6.45, 7) is 1.97. The summed E-state index contributed by atoms with van der Waals surface area (Å²) in [4.78, 5) is 12.4. The van der Waals surface area contributed by atoms with Crippen LogP contribution in [0.4, 0.5) is 0 Å². The molecule has 0 aliphatic rings. The molecule has 2 aromatic rings. The van der Waals surface area contributed by atoms with E-state index in [4.69, 9.17) is 4.74 Å². The van der Waals surface area contributed by atoms with Gasteiger partial charge in [-0.1, -0.05) is 39.7 Å². The van der Waals surface area contributed by atoms with Crippen molar-refractivity contribution in [2.75, 3.05) is 7.11 Å². The molecular formula is C15H13BrO2. The van der Waals surface area contributed by atoms with Crippen LogP contribution in [0.1, 0.15) is 21.5 Å². The van der Waals surface area contributed by atoms with Crippen LogP contribution in [0.2, 0.25) is 0 Å². The summed E-state index contributed by atoms with van der Waals surface area (Å²) in [7, 11) is 1.59. The molecule has 0 heterocycles. The van der Waals surface area contributed by atoms with Crippen LogP contribution in [0, 0.1) is 6.92 Å². The molecule has 92 valence electrons. The number of carbonyl (C=O) groups excluding carboxylic acids is 1. The quantitative estimate of drug-likeness (QED) is 0.801. The summed E-state index contributed by atoms with van der Waals surface area (Å²) in [6, 6.07) is 12.9. The third-order valence-corrected chi connectivity index (χ3v) is 3.39. The number of ketones is 1. The van der Waals surface area contributed by atoms with Crippen molar-refractivity contribution in [3.05, 3.63) is 63.6 Å². The Kier molecular flexibility index (Phi) is 3.82. The van der Waals surface area contributed by atoms with E-state index in [-0.39, 0.29) is 5.78 Å². The highest BCUT2D eigenvalue weighted by molar-refractivity contribution is 9.10. The predicted molar refractivity (Wildman–Crippen MR) is 75.3 cm³/mol. The van der Waals surface area contributed by atoms with Crippen molar-refractivity contribution in [2.24, 2.45) is 0 Å². The van der Waals surface area contributed by atoms with Crippen molar-refractivity contribution in [2.45, 2.75) is 6.92 Å². The Balaban J connectivity index is 2.45. The molecule has 0 spiro atoms. The van der Waals surface area contributed by atoms with Crippen LogP contribution in [-0.2, 0) is 0 Å². The van der Waals surface area contributed by atoms with Crippen LogP contribution in [0.25, 0.3) is 0 Å². The molecule has 18 heavy (non-hydrogen) atoms. The molecule has 0 saturated carbocycles. The molecule has 0 aliphatic heterocycles. The second-order valence-electron chi connectivity index (χ2n) is 4.04. The topological polar surface area (TPSA) is 26.3 Å². The maximum absolute atomic E-state index is 12.4. The molecule has 0 bridgehead atoms. The lowest BCUT2D eigenvalue weighted by atomic mass is 10.0. The average Bonchev–Trinajstić information content (AvgIpc) is 2.38. The van der Waals surface area contributed by atoms with Gasteiger partial charge in [0.25, 0.3) is 0 Å². The average molecular weight is 305 g/mol. The summed E-state index contributed by atoms with van der Waals surface area (Å²) in [6.07, 6.45) is 0.